The molecule has 4 aromatic carbocycles. The first-order chi connectivity index (χ1) is 14.2. The maximum Gasteiger partial charge on any atom is 0.280 e. The molecule has 4 aromatic rings. The molecule has 0 amide bonds. The highest BCUT2D eigenvalue weighted by Gasteiger charge is 2.37. The van der Waals surface area contributed by atoms with Crippen LogP contribution in [0.25, 0.3) is 0 Å². The van der Waals surface area contributed by atoms with E-state index >= 15 is 0 Å². The predicted molar refractivity (Wildman–Crippen MR) is 123 cm³/mol. The van der Waals surface area contributed by atoms with E-state index in [9.17, 15) is 10.1 Å². The minimum atomic E-state index is -2.72. The van der Waals surface area contributed by atoms with Gasteiger partial charge in [-0.1, -0.05) is 109 Å². The van der Waals surface area contributed by atoms with Crippen LogP contribution < -0.4 is 15.9 Å². The first kappa shape index (κ1) is 18.9. The van der Waals surface area contributed by atoms with Gasteiger partial charge in [0.15, 0.2) is 0 Å². The minimum absolute atomic E-state index is 0.184. The largest absolute Gasteiger partial charge is 0.280 e. The van der Waals surface area contributed by atoms with Crippen LogP contribution in [-0.2, 0) is 0 Å². The number of hydrogen-bond acceptors (Lipinski definition) is 2. The molecule has 0 spiro atoms. The van der Waals surface area contributed by atoms with Crippen LogP contribution in [-0.4, -0.2) is 10.3 Å². The Kier molecular flexibility index (Phi) is 5.41. The topological polar surface area (TPSA) is 43.1 Å². The van der Waals surface area contributed by atoms with Gasteiger partial charge >= 0.3 is 0 Å². The molecular formula is C25H20NO2P. The molecule has 0 heterocycles. The van der Waals surface area contributed by atoms with E-state index in [4.69, 9.17) is 0 Å². The second-order valence-electron chi connectivity index (χ2n) is 6.62. The average Bonchev–Trinajstić information content (AvgIpc) is 2.79. The maximum absolute atomic E-state index is 12.7. The Bertz CT molecular complexity index is 1060. The van der Waals surface area contributed by atoms with Crippen molar-refractivity contribution < 1.29 is 4.92 Å². The Morgan fingerprint density at radius 3 is 1.17 bits per heavy atom. The lowest BCUT2D eigenvalue weighted by Gasteiger charge is -2.28. The lowest BCUT2D eigenvalue weighted by atomic mass is 10.2. The lowest BCUT2D eigenvalue weighted by Crippen LogP contribution is -2.33. The van der Waals surface area contributed by atoms with Gasteiger partial charge < -0.3 is 0 Å². The number of benzene rings is 4. The summed E-state index contributed by atoms with van der Waals surface area (Å²) in [6, 6.07) is 38.9. The molecule has 4 rings (SSSR count). The summed E-state index contributed by atoms with van der Waals surface area (Å²) in [5.41, 5.74) is 0.893. The molecule has 0 unspecified atom stereocenters. The van der Waals surface area contributed by atoms with Gasteiger partial charge in [-0.25, -0.2) is 0 Å². The summed E-state index contributed by atoms with van der Waals surface area (Å²) in [4.78, 5) is 12.5. The third-order valence-electron chi connectivity index (χ3n) is 4.95. The third-order valence-corrected chi connectivity index (χ3v) is 9.23. The number of rotatable bonds is 5. The molecule has 0 saturated carbocycles. The lowest BCUT2D eigenvalue weighted by molar-refractivity contribution is -0.344. The van der Waals surface area contributed by atoms with Gasteiger partial charge in [-0.2, -0.15) is 0 Å². The van der Waals surface area contributed by atoms with Gasteiger partial charge in [0.25, 0.3) is 5.42 Å². The van der Waals surface area contributed by atoms with Crippen LogP contribution in [0.5, 0.6) is 0 Å². The summed E-state index contributed by atoms with van der Waals surface area (Å²) < 4.78 is 0. The quantitative estimate of drug-likeness (QED) is 0.284. The van der Waals surface area contributed by atoms with Crippen molar-refractivity contribution in [3.05, 3.63) is 137 Å². The van der Waals surface area contributed by atoms with Crippen LogP contribution in [0.3, 0.4) is 0 Å². The molecule has 0 saturated heterocycles. The zero-order chi connectivity index (χ0) is 20.1. The second kappa shape index (κ2) is 8.30. The molecule has 0 aliphatic rings. The van der Waals surface area contributed by atoms with E-state index in [2.05, 4.69) is 0 Å². The van der Waals surface area contributed by atoms with Crippen molar-refractivity contribution >= 4 is 28.2 Å². The van der Waals surface area contributed by atoms with Crippen LogP contribution in [0, 0.1) is 10.1 Å². The summed E-state index contributed by atoms with van der Waals surface area (Å²) in [6.07, 6.45) is 0. The molecule has 0 aromatic heterocycles. The van der Waals surface area contributed by atoms with Crippen LogP contribution in [0.4, 0.5) is 0 Å². The van der Waals surface area contributed by atoms with Crippen molar-refractivity contribution in [2.75, 3.05) is 0 Å². The number of hydrogen-bond donors (Lipinski definition) is 0. The molecule has 142 valence electrons. The summed E-state index contributed by atoms with van der Waals surface area (Å²) in [7, 11) is 0. The van der Waals surface area contributed by atoms with Gasteiger partial charge in [0.2, 0.25) is 0 Å². The Morgan fingerprint density at radius 2 is 0.862 bits per heavy atom. The van der Waals surface area contributed by atoms with Gasteiger partial charge in [-0.05, 0) is 28.0 Å². The highest BCUT2D eigenvalue weighted by atomic mass is 31.2. The first-order valence-electron chi connectivity index (χ1n) is 9.38. The van der Waals surface area contributed by atoms with Gasteiger partial charge in [-0.3, -0.25) is 10.1 Å². The first-order valence-corrected chi connectivity index (χ1v) is 11.2. The summed E-state index contributed by atoms with van der Waals surface area (Å²) >= 11 is 0. The molecule has 0 atom stereocenters. The van der Waals surface area contributed by atoms with Crippen LogP contribution in [0.1, 0.15) is 5.56 Å². The normalized spacial score (nSPS) is 11.0. The summed E-state index contributed by atoms with van der Waals surface area (Å²) in [6.45, 7) is -2.72. The average molecular weight is 397 g/mol. The highest BCUT2D eigenvalue weighted by molar-refractivity contribution is 7.95. The molecule has 0 radical (unpaired) electrons. The van der Waals surface area contributed by atoms with E-state index in [1.807, 2.05) is 121 Å². The van der Waals surface area contributed by atoms with Crippen molar-refractivity contribution in [3.63, 3.8) is 0 Å². The van der Waals surface area contributed by atoms with E-state index < -0.39 is 6.89 Å². The van der Waals surface area contributed by atoms with Crippen LogP contribution in [0.2, 0.25) is 0 Å². The van der Waals surface area contributed by atoms with Gasteiger partial charge in [-0.15, -0.1) is 0 Å². The second-order valence-corrected chi connectivity index (χ2v) is 9.94. The summed E-state index contributed by atoms with van der Waals surface area (Å²) in [5, 5.41) is 15.6. The predicted octanol–water partition coefficient (Wildman–Crippen LogP) is 4.44. The van der Waals surface area contributed by atoms with Crippen molar-refractivity contribution in [1.29, 1.82) is 0 Å². The zero-order valence-electron chi connectivity index (χ0n) is 15.8. The molecule has 0 aliphatic heterocycles. The van der Waals surface area contributed by atoms with Crippen molar-refractivity contribution in [2.24, 2.45) is 0 Å². The van der Waals surface area contributed by atoms with E-state index in [0.29, 0.717) is 5.56 Å². The molecule has 0 N–H and O–H groups in total. The fourth-order valence-electron chi connectivity index (χ4n) is 3.78. The van der Waals surface area contributed by atoms with Gasteiger partial charge in [0, 0.05) is 0 Å². The van der Waals surface area contributed by atoms with Gasteiger partial charge in [0.1, 0.15) is 0 Å². The molecule has 0 bridgehead atoms. The Hall–Kier alpha value is -3.42. The smallest absolute Gasteiger partial charge is 0.258 e. The van der Waals surface area contributed by atoms with Crippen molar-refractivity contribution in [1.82, 2.24) is 0 Å². The van der Waals surface area contributed by atoms with E-state index in [-0.39, 0.29) is 10.3 Å². The maximum atomic E-state index is 12.7. The molecular weight excluding hydrogens is 377 g/mol. The Balaban J connectivity index is 2.30. The molecule has 3 nitrogen and oxygen atoms in total. The monoisotopic (exact) mass is 397 g/mol. The summed E-state index contributed by atoms with van der Waals surface area (Å²) in [5.74, 6) is 0. The highest BCUT2D eigenvalue weighted by Crippen LogP contribution is 2.47. The van der Waals surface area contributed by atoms with Crippen LogP contribution in [0.15, 0.2) is 121 Å². The SMILES string of the molecule is O=[N+]([O-])C(c1ccccc1)=P(c1ccccc1)(c1ccccc1)c1ccccc1. The molecule has 29 heavy (non-hydrogen) atoms. The van der Waals surface area contributed by atoms with Crippen molar-refractivity contribution in [2.45, 2.75) is 0 Å². The fraction of sp³-hybridized carbons (Fsp3) is 0. The fourth-order valence-corrected chi connectivity index (χ4v) is 8.05. The van der Waals surface area contributed by atoms with Crippen molar-refractivity contribution in [3.8, 4) is 0 Å². The van der Waals surface area contributed by atoms with Crippen LogP contribution >= 0.6 is 6.89 Å². The third kappa shape index (κ3) is 3.41. The van der Waals surface area contributed by atoms with Gasteiger partial charge in [0.05, 0.1) is 17.4 Å². The standard InChI is InChI=1S/C25H20NO2P/c27-26(28)25(21-13-5-1-6-14-21)29(22-15-7-2-8-16-22,23-17-9-3-10-18-23)24-19-11-4-12-20-24/h1-20H. The molecule has 0 fully saturated rings. The molecule has 0 aliphatic carbocycles. The number of nitrogens with zero attached hydrogens (tertiary/aromatic N) is 1. The number of nitro groups is 1. The Morgan fingerprint density at radius 1 is 0.552 bits per heavy atom. The van der Waals surface area contributed by atoms with E-state index in [0.717, 1.165) is 15.9 Å². The molecule has 4 heteroatoms. The van der Waals surface area contributed by atoms with E-state index in [1.165, 1.54) is 0 Å². The minimum Gasteiger partial charge on any atom is -0.258 e. The Labute approximate surface area is 170 Å². The zero-order valence-corrected chi connectivity index (χ0v) is 16.7. The van der Waals surface area contributed by atoms with E-state index in [1.54, 1.807) is 0 Å².